The molecular weight excluding hydrogens is 280 g/mol. The molecule has 6 heteroatoms. The molecule has 0 aliphatic carbocycles. The molecule has 1 aliphatic heterocycles. The molecule has 0 bridgehead atoms. The second-order valence-corrected chi connectivity index (χ2v) is 7.95. The molecule has 2 atom stereocenters. The molecule has 1 heterocycles. The van der Waals surface area contributed by atoms with Crippen LogP contribution in [0.25, 0.3) is 0 Å². The minimum atomic E-state index is -3.51. The highest BCUT2D eigenvalue weighted by molar-refractivity contribution is 8.00. The molecule has 0 N–H and O–H groups in total. The van der Waals surface area contributed by atoms with E-state index >= 15 is 0 Å². The van der Waals surface area contributed by atoms with Crippen molar-refractivity contribution in [2.75, 3.05) is 12.3 Å². The number of sulfonamides is 1. The van der Waals surface area contributed by atoms with E-state index < -0.39 is 10.0 Å². The van der Waals surface area contributed by atoms with Crippen LogP contribution in [-0.4, -0.2) is 36.3 Å². The molecule has 2 unspecified atom stereocenters. The normalized spacial score (nSPS) is 24.9. The Balaban J connectivity index is 2.39. The number of nitriles is 1. The van der Waals surface area contributed by atoms with Crippen molar-refractivity contribution in [2.45, 2.75) is 30.0 Å². The van der Waals surface area contributed by atoms with E-state index in [9.17, 15) is 8.42 Å². The summed E-state index contributed by atoms with van der Waals surface area (Å²) in [5.74, 6) is 0.808. The summed E-state index contributed by atoms with van der Waals surface area (Å²) in [4.78, 5) is 0.206. The van der Waals surface area contributed by atoms with Crippen LogP contribution in [0.1, 0.15) is 19.4 Å². The molecule has 1 saturated heterocycles. The molecule has 1 aliphatic rings. The summed E-state index contributed by atoms with van der Waals surface area (Å²) in [6.07, 6.45) is 0. The van der Waals surface area contributed by atoms with Crippen LogP contribution in [0.3, 0.4) is 0 Å². The van der Waals surface area contributed by atoms with Crippen molar-refractivity contribution in [3.63, 3.8) is 0 Å². The summed E-state index contributed by atoms with van der Waals surface area (Å²) < 4.78 is 26.8. The van der Waals surface area contributed by atoms with Crippen molar-refractivity contribution in [1.82, 2.24) is 4.31 Å². The lowest BCUT2D eigenvalue weighted by molar-refractivity contribution is 0.340. The maximum Gasteiger partial charge on any atom is 0.243 e. The van der Waals surface area contributed by atoms with Gasteiger partial charge in [-0.1, -0.05) is 13.0 Å². The monoisotopic (exact) mass is 296 g/mol. The second kappa shape index (κ2) is 5.53. The van der Waals surface area contributed by atoms with Gasteiger partial charge in [0.25, 0.3) is 0 Å². The fourth-order valence-electron chi connectivity index (χ4n) is 2.11. The highest BCUT2D eigenvalue weighted by Gasteiger charge is 2.34. The van der Waals surface area contributed by atoms with E-state index in [4.69, 9.17) is 5.26 Å². The molecule has 2 rings (SSSR count). The van der Waals surface area contributed by atoms with Crippen LogP contribution < -0.4 is 0 Å². The van der Waals surface area contributed by atoms with Gasteiger partial charge in [0.15, 0.2) is 0 Å². The zero-order chi connectivity index (χ0) is 14.0. The van der Waals surface area contributed by atoms with Crippen molar-refractivity contribution in [2.24, 2.45) is 0 Å². The van der Waals surface area contributed by atoms with Gasteiger partial charge in [-0.15, -0.1) is 0 Å². The second-order valence-electron chi connectivity index (χ2n) is 4.57. The summed E-state index contributed by atoms with van der Waals surface area (Å²) >= 11 is 1.79. The van der Waals surface area contributed by atoms with Gasteiger partial charge in [-0.2, -0.15) is 21.3 Å². The SMILES string of the molecule is CC1SCCN(S(=O)(=O)c2cccc(C#N)c2)C1C. The van der Waals surface area contributed by atoms with Gasteiger partial charge in [0.05, 0.1) is 16.5 Å². The van der Waals surface area contributed by atoms with E-state index in [1.54, 1.807) is 34.3 Å². The van der Waals surface area contributed by atoms with Crippen molar-refractivity contribution in [1.29, 1.82) is 5.26 Å². The third kappa shape index (κ3) is 2.78. The maximum atomic E-state index is 12.6. The van der Waals surface area contributed by atoms with Gasteiger partial charge in [0.2, 0.25) is 10.0 Å². The molecule has 1 fully saturated rings. The molecule has 19 heavy (non-hydrogen) atoms. The topological polar surface area (TPSA) is 61.2 Å². The lowest BCUT2D eigenvalue weighted by atomic mass is 10.2. The van der Waals surface area contributed by atoms with E-state index in [2.05, 4.69) is 0 Å². The van der Waals surface area contributed by atoms with Crippen LogP contribution in [0.2, 0.25) is 0 Å². The third-order valence-corrected chi connectivity index (χ3v) is 6.72. The highest BCUT2D eigenvalue weighted by Crippen LogP contribution is 2.29. The van der Waals surface area contributed by atoms with E-state index in [1.165, 1.54) is 6.07 Å². The largest absolute Gasteiger partial charge is 0.243 e. The Bertz CT molecular complexity index is 607. The number of hydrogen-bond donors (Lipinski definition) is 0. The van der Waals surface area contributed by atoms with Crippen molar-refractivity contribution < 1.29 is 8.42 Å². The molecule has 0 spiro atoms. The Morgan fingerprint density at radius 2 is 2.16 bits per heavy atom. The van der Waals surface area contributed by atoms with Crippen molar-refractivity contribution in [3.05, 3.63) is 29.8 Å². The van der Waals surface area contributed by atoms with Crippen LogP contribution in [0.5, 0.6) is 0 Å². The van der Waals surface area contributed by atoms with E-state index in [-0.39, 0.29) is 16.2 Å². The first-order valence-corrected chi connectivity index (χ1v) is 8.59. The van der Waals surface area contributed by atoms with Gasteiger partial charge in [-0.05, 0) is 25.1 Å². The Labute approximate surface area is 118 Å². The predicted octanol–water partition coefficient (Wildman–Crippen LogP) is 2.07. The smallest absolute Gasteiger partial charge is 0.207 e. The van der Waals surface area contributed by atoms with Gasteiger partial charge in [0.1, 0.15) is 0 Å². The Kier molecular flexibility index (Phi) is 4.19. The first-order chi connectivity index (χ1) is 8.96. The van der Waals surface area contributed by atoms with Crippen LogP contribution in [-0.2, 0) is 10.0 Å². The van der Waals surface area contributed by atoms with Crippen molar-refractivity contribution in [3.8, 4) is 6.07 Å². The number of hydrogen-bond acceptors (Lipinski definition) is 4. The number of rotatable bonds is 2. The standard InChI is InChI=1S/C13H16N2O2S2/c1-10-11(2)18-7-6-15(10)19(16,17)13-5-3-4-12(8-13)9-14/h3-5,8,10-11H,6-7H2,1-2H3. The average molecular weight is 296 g/mol. The van der Waals surface area contributed by atoms with Gasteiger partial charge < -0.3 is 0 Å². The molecule has 4 nitrogen and oxygen atoms in total. The summed E-state index contributed by atoms with van der Waals surface area (Å²) in [6.45, 7) is 4.50. The summed E-state index contributed by atoms with van der Waals surface area (Å²) in [5, 5.41) is 9.15. The summed E-state index contributed by atoms with van der Waals surface area (Å²) in [7, 11) is -3.51. The van der Waals surface area contributed by atoms with Crippen molar-refractivity contribution >= 4 is 21.8 Å². The first-order valence-electron chi connectivity index (χ1n) is 6.10. The van der Waals surface area contributed by atoms with E-state index in [1.807, 2.05) is 19.9 Å². The Hall–Kier alpha value is -1.03. The van der Waals surface area contributed by atoms with Crippen LogP contribution in [0.4, 0.5) is 0 Å². The molecule has 1 aromatic carbocycles. The maximum absolute atomic E-state index is 12.6. The molecule has 0 amide bonds. The molecule has 0 saturated carbocycles. The molecule has 0 radical (unpaired) electrons. The lowest BCUT2D eigenvalue weighted by Crippen LogP contribution is -2.47. The van der Waals surface area contributed by atoms with Gasteiger partial charge >= 0.3 is 0 Å². The van der Waals surface area contributed by atoms with Gasteiger partial charge in [-0.25, -0.2) is 8.42 Å². The zero-order valence-electron chi connectivity index (χ0n) is 10.9. The van der Waals surface area contributed by atoms with E-state index in [0.717, 1.165) is 5.75 Å². The molecular formula is C13H16N2O2S2. The van der Waals surface area contributed by atoms with Gasteiger partial charge in [-0.3, -0.25) is 0 Å². The summed E-state index contributed by atoms with van der Waals surface area (Å²) in [6, 6.07) is 8.15. The Morgan fingerprint density at radius 3 is 2.84 bits per heavy atom. The minimum Gasteiger partial charge on any atom is -0.207 e. The predicted molar refractivity (Wildman–Crippen MR) is 76.4 cm³/mol. The molecule has 0 aromatic heterocycles. The van der Waals surface area contributed by atoms with Crippen LogP contribution in [0.15, 0.2) is 29.2 Å². The fraction of sp³-hybridized carbons (Fsp3) is 0.462. The van der Waals surface area contributed by atoms with Crippen LogP contribution in [0, 0.1) is 11.3 Å². The molecule has 102 valence electrons. The first kappa shape index (κ1) is 14.4. The number of nitrogens with zero attached hydrogens (tertiary/aromatic N) is 2. The van der Waals surface area contributed by atoms with E-state index in [0.29, 0.717) is 12.1 Å². The Morgan fingerprint density at radius 1 is 1.42 bits per heavy atom. The highest BCUT2D eigenvalue weighted by atomic mass is 32.2. The molecule has 1 aromatic rings. The number of benzene rings is 1. The lowest BCUT2D eigenvalue weighted by Gasteiger charge is -2.36. The minimum absolute atomic E-state index is 0.0329. The third-order valence-electron chi connectivity index (χ3n) is 3.40. The fourth-order valence-corrected chi connectivity index (χ4v) is 5.15. The average Bonchev–Trinajstić information content (AvgIpc) is 2.41. The zero-order valence-corrected chi connectivity index (χ0v) is 12.5. The number of thioether (sulfide) groups is 1. The van der Waals surface area contributed by atoms with Gasteiger partial charge in [0, 0.05) is 23.6 Å². The summed E-state index contributed by atoms with van der Waals surface area (Å²) in [5.41, 5.74) is 0.369. The van der Waals surface area contributed by atoms with Crippen LogP contribution >= 0.6 is 11.8 Å². The quantitative estimate of drug-likeness (QED) is 0.838.